The Morgan fingerprint density at radius 1 is 1.17 bits per heavy atom. The minimum absolute atomic E-state index is 0.0142. The average Bonchev–Trinajstić information content (AvgIpc) is 2.57. The summed E-state index contributed by atoms with van der Waals surface area (Å²) < 4.78 is 10.6. The monoisotopic (exact) mass is 330 g/mol. The summed E-state index contributed by atoms with van der Waals surface area (Å²) in [6.07, 6.45) is 0.0142. The highest BCUT2D eigenvalue weighted by Crippen LogP contribution is 2.25. The van der Waals surface area contributed by atoms with Crippen LogP contribution in [0.2, 0.25) is 0 Å². The zero-order chi connectivity index (χ0) is 17.4. The van der Waals surface area contributed by atoms with E-state index in [2.05, 4.69) is 20.8 Å². The summed E-state index contributed by atoms with van der Waals surface area (Å²) in [4.78, 5) is 12.3. The van der Waals surface area contributed by atoms with Crippen LogP contribution in [-0.2, 0) is 4.74 Å². The van der Waals surface area contributed by atoms with Gasteiger partial charge in [-0.3, -0.25) is 4.79 Å². The van der Waals surface area contributed by atoms with Crippen LogP contribution in [0.5, 0.6) is 5.75 Å². The topological polar surface area (TPSA) is 85.4 Å². The van der Waals surface area contributed by atoms with Crippen molar-refractivity contribution in [3.63, 3.8) is 0 Å². The second-order valence-electron chi connectivity index (χ2n) is 5.34. The van der Waals surface area contributed by atoms with Gasteiger partial charge in [0.1, 0.15) is 11.6 Å². The fourth-order valence-corrected chi connectivity index (χ4v) is 1.94. The Labute approximate surface area is 141 Å². The molecule has 24 heavy (non-hydrogen) atoms. The van der Waals surface area contributed by atoms with Gasteiger partial charge >= 0.3 is 0 Å². The molecule has 0 bridgehead atoms. The first-order chi connectivity index (χ1) is 11.6. The van der Waals surface area contributed by atoms with Crippen LogP contribution < -0.4 is 15.4 Å². The van der Waals surface area contributed by atoms with Crippen molar-refractivity contribution in [2.45, 2.75) is 20.0 Å². The van der Waals surface area contributed by atoms with E-state index in [1.165, 1.54) is 0 Å². The number of para-hydroxylation sites is 2. The molecule has 0 radical (unpaired) electrons. The van der Waals surface area contributed by atoms with E-state index >= 15 is 0 Å². The average molecular weight is 330 g/mol. The number of rotatable bonds is 8. The summed E-state index contributed by atoms with van der Waals surface area (Å²) in [5.41, 5.74) is 0.826. The van der Waals surface area contributed by atoms with Crippen LogP contribution in [0.4, 0.5) is 11.5 Å². The van der Waals surface area contributed by atoms with Gasteiger partial charge in [0, 0.05) is 13.7 Å². The molecule has 0 unspecified atom stereocenters. The van der Waals surface area contributed by atoms with Crippen molar-refractivity contribution in [3.8, 4) is 5.75 Å². The van der Waals surface area contributed by atoms with Gasteiger partial charge in [0.25, 0.3) is 5.91 Å². The second kappa shape index (κ2) is 8.83. The molecule has 2 rings (SSSR count). The molecule has 0 aliphatic heterocycles. The molecule has 0 aliphatic carbocycles. The molecular weight excluding hydrogens is 308 g/mol. The van der Waals surface area contributed by atoms with E-state index in [0.717, 1.165) is 0 Å². The molecule has 0 aliphatic rings. The van der Waals surface area contributed by atoms with Gasteiger partial charge < -0.3 is 20.1 Å². The van der Waals surface area contributed by atoms with Crippen LogP contribution in [-0.4, -0.2) is 42.5 Å². The van der Waals surface area contributed by atoms with Gasteiger partial charge in [0.05, 0.1) is 18.4 Å². The molecule has 0 atom stereocenters. The lowest BCUT2D eigenvalue weighted by Crippen LogP contribution is -2.17. The Morgan fingerprint density at radius 3 is 2.62 bits per heavy atom. The minimum Gasteiger partial charge on any atom is -0.489 e. The fraction of sp³-hybridized carbons (Fsp3) is 0.353. The van der Waals surface area contributed by atoms with E-state index in [9.17, 15) is 4.79 Å². The summed E-state index contributed by atoms with van der Waals surface area (Å²) >= 11 is 0. The van der Waals surface area contributed by atoms with Crippen molar-refractivity contribution in [2.75, 3.05) is 30.9 Å². The van der Waals surface area contributed by atoms with Crippen LogP contribution in [0.1, 0.15) is 24.3 Å². The van der Waals surface area contributed by atoms with Crippen molar-refractivity contribution < 1.29 is 14.3 Å². The first kappa shape index (κ1) is 17.7. The largest absolute Gasteiger partial charge is 0.489 e. The van der Waals surface area contributed by atoms with Gasteiger partial charge in [0.15, 0.2) is 5.69 Å². The summed E-state index contributed by atoms with van der Waals surface area (Å²) in [5, 5.41) is 13.8. The number of amides is 1. The van der Waals surface area contributed by atoms with E-state index in [-0.39, 0.29) is 17.7 Å². The maximum absolute atomic E-state index is 12.3. The maximum Gasteiger partial charge on any atom is 0.276 e. The standard InChI is InChI=1S/C17H22N4O3/c1-12(2)24-15-7-5-4-6-13(15)19-17(22)14-8-9-16(21-20-14)18-10-11-23-3/h4-9,12H,10-11H2,1-3H3,(H,18,21)(H,19,22). The molecule has 0 saturated carbocycles. The summed E-state index contributed by atoms with van der Waals surface area (Å²) in [6, 6.07) is 10.6. The number of ether oxygens (including phenoxy) is 2. The van der Waals surface area contributed by atoms with Crippen LogP contribution in [0.25, 0.3) is 0 Å². The van der Waals surface area contributed by atoms with Crippen LogP contribution >= 0.6 is 0 Å². The molecule has 2 N–H and O–H groups in total. The molecule has 7 nitrogen and oxygen atoms in total. The van der Waals surface area contributed by atoms with Crippen molar-refractivity contribution in [2.24, 2.45) is 0 Å². The number of hydrogen-bond acceptors (Lipinski definition) is 6. The Morgan fingerprint density at radius 2 is 1.96 bits per heavy atom. The lowest BCUT2D eigenvalue weighted by Gasteiger charge is -2.14. The Hall–Kier alpha value is -2.67. The van der Waals surface area contributed by atoms with Crippen molar-refractivity contribution in [1.29, 1.82) is 0 Å². The molecule has 7 heteroatoms. The molecule has 1 heterocycles. The molecule has 2 aromatic rings. The predicted molar refractivity (Wildman–Crippen MR) is 92.6 cm³/mol. The quantitative estimate of drug-likeness (QED) is 0.724. The molecule has 1 aromatic heterocycles. The number of anilines is 2. The number of carbonyl (C=O) groups is 1. The lowest BCUT2D eigenvalue weighted by molar-refractivity contribution is 0.102. The summed E-state index contributed by atoms with van der Waals surface area (Å²) in [6.45, 7) is 5.05. The SMILES string of the molecule is COCCNc1ccc(C(=O)Nc2ccccc2OC(C)C)nn1. The number of methoxy groups -OCH3 is 1. The number of nitrogens with zero attached hydrogens (tertiary/aromatic N) is 2. The van der Waals surface area contributed by atoms with E-state index in [4.69, 9.17) is 9.47 Å². The molecule has 0 spiro atoms. The smallest absolute Gasteiger partial charge is 0.276 e. The molecule has 0 fully saturated rings. The third-order valence-electron chi connectivity index (χ3n) is 3.01. The molecular formula is C17H22N4O3. The van der Waals surface area contributed by atoms with Gasteiger partial charge in [-0.2, -0.15) is 0 Å². The normalized spacial score (nSPS) is 10.5. The van der Waals surface area contributed by atoms with E-state index in [1.54, 1.807) is 25.3 Å². The molecule has 0 saturated heterocycles. The fourth-order valence-electron chi connectivity index (χ4n) is 1.94. The van der Waals surface area contributed by atoms with E-state index in [0.29, 0.717) is 30.4 Å². The number of carbonyl (C=O) groups excluding carboxylic acids is 1. The van der Waals surface area contributed by atoms with Gasteiger partial charge in [-0.25, -0.2) is 0 Å². The maximum atomic E-state index is 12.3. The van der Waals surface area contributed by atoms with Crippen LogP contribution in [0, 0.1) is 0 Å². The van der Waals surface area contributed by atoms with Gasteiger partial charge in [-0.05, 0) is 38.1 Å². The third-order valence-corrected chi connectivity index (χ3v) is 3.01. The first-order valence-electron chi connectivity index (χ1n) is 7.73. The van der Waals surface area contributed by atoms with E-state index < -0.39 is 0 Å². The summed E-state index contributed by atoms with van der Waals surface area (Å²) in [7, 11) is 1.63. The Balaban J connectivity index is 2.02. The first-order valence-corrected chi connectivity index (χ1v) is 7.73. The molecule has 1 amide bonds. The summed E-state index contributed by atoms with van der Waals surface area (Å²) in [5.74, 6) is 0.865. The highest BCUT2D eigenvalue weighted by atomic mass is 16.5. The van der Waals surface area contributed by atoms with Gasteiger partial charge in [-0.1, -0.05) is 12.1 Å². The van der Waals surface area contributed by atoms with Crippen LogP contribution in [0.15, 0.2) is 36.4 Å². The van der Waals surface area contributed by atoms with Crippen LogP contribution in [0.3, 0.4) is 0 Å². The Bertz CT molecular complexity index is 659. The van der Waals surface area contributed by atoms with Crippen molar-refractivity contribution in [3.05, 3.63) is 42.1 Å². The zero-order valence-corrected chi connectivity index (χ0v) is 14.1. The van der Waals surface area contributed by atoms with E-state index in [1.807, 2.05) is 32.0 Å². The van der Waals surface area contributed by atoms with Gasteiger partial charge in [-0.15, -0.1) is 10.2 Å². The second-order valence-corrected chi connectivity index (χ2v) is 5.34. The molecule has 1 aromatic carbocycles. The zero-order valence-electron chi connectivity index (χ0n) is 14.1. The number of hydrogen-bond donors (Lipinski definition) is 2. The minimum atomic E-state index is -0.342. The highest BCUT2D eigenvalue weighted by Gasteiger charge is 2.12. The Kier molecular flexibility index (Phi) is 6.51. The lowest BCUT2D eigenvalue weighted by atomic mass is 10.2. The highest BCUT2D eigenvalue weighted by molar-refractivity contribution is 6.03. The van der Waals surface area contributed by atoms with Crippen molar-refractivity contribution in [1.82, 2.24) is 10.2 Å². The molecule has 128 valence electrons. The third kappa shape index (κ3) is 5.20. The van der Waals surface area contributed by atoms with Gasteiger partial charge in [0.2, 0.25) is 0 Å². The predicted octanol–water partition coefficient (Wildman–Crippen LogP) is 2.57. The number of aromatic nitrogens is 2. The van der Waals surface area contributed by atoms with Crippen molar-refractivity contribution >= 4 is 17.4 Å². The number of benzene rings is 1. The number of nitrogens with one attached hydrogen (secondary N) is 2.